The van der Waals surface area contributed by atoms with E-state index in [0.717, 1.165) is 13.8 Å². The summed E-state index contributed by atoms with van der Waals surface area (Å²) in [7, 11) is 0. The zero-order valence-electron chi connectivity index (χ0n) is 10.1. The van der Waals surface area contributed by atoms with E-state index in [-0.39, 0.29) is 17.1 Å². The fourth-order valence-electron chi connectivity index (χ4n) is 0.597. The molecule has 0 aromatic carbocycles. The Hall–Kier alpha value is -1.86. The topological polar surface area (TPSA) is 149 Å². The summed E-state index contributed by atoms with van der Waals surface area (Å²) in [4.78, 5) is 59.5. The Morgan fingerprint density at radius 3 is 0.947 bits per heavy atom. The normalized spacial score (nSPS) is 8.11. The standard InChI is InChI=1S/2C5H6O4.Mn/c2*1-3(6)2-4(7)5(8)9;/h2*2H2,1H3,(H,8,9);/q;;+2/p-2. The van der Waals surface area contributed by atoms with Crippen LogP contribution in [-0.4, -0.2) is 35.1 Å². The monoisotopic (exact) mass is 313 g/mol. The van der Waals surface area contributed by atoms with E-state index in [1.807, 2.05) is 0 Å². The number of hydrogen-bond acceptors (Lipinski definition) is 8. The van der Waals surface area contributed by atoms with Crippen LogP contribution >= 0.6 is 0 Å². The minimum Gasteiger partial charge on any atom is -0.542 e. The van der Waals surface area contributed by atoms with E-state index in [1.54, 1.807) is 0 Å². The second kappa shape index (κ2) is 11.2. The Labute approximate surface area is 118 Å². The Morgan fingerprint density at radius 1 is 0.684 bits per heavy atom. The molecule has 0 aliphatic rings. The first kappa shape index (κ1) is 22.3. The molecule has 0 aromatic heterocycles. The SMILES string of the molecule is CC(=O)CC(=O)C(=O)[O-].CC(=O)CC(=O)C(=O)[O-].[Mn+2]. The molecule has 0 bridgehead atoms. The summed E-state index contributed by atoms with van der Waals surface area (Å²) in [6.45, 7) is 2.28. The molecule has 8 nitrogen and oxygen atoms in total. The largest absolute Gasteiger partial charge is 2.00 e. The molecule has 9 heteroatoms. The van der Waals surface area contributed by atoms with Crippen molar-refractivity contribution in [3.63, 3.8) is 0 Å². The van der Waals surface area contributed by atoms with E-state index in [0.29, 0.717) is 0 Å². The van der Waals surface area contributed by atoms with Gasteiger partial charge in [0.25, 0.3) is 0 Å². The van der Waals surface area contributed by atoms with Crippen molar-refractivity contribution in [1.82, 2.24) is 0 Å². The summed E-state index contributed by atoms with van der Waals surface area (Å²) in [5.41, 5.74) is 0. The minimum atomic E-state index is -1.80. The summed E-state index contributed by atoms with van der Waals surface area (Å²) < 4.78 is 0. The summed E-state index contributed by atoms with van der Waals surface area (Å²) in [6.07, 6.45) is -1.13. The second-order valence-electron chi connectivity index (χ2n) is 3.18. The summed E-state index contributed by atoms with van der Waals surface area (Å²) in [5.74, 6) is -6.87. The van der Waals surface area contributed by atoms with E-state index < -0.39 is 47.9 Å². The van der Waals surface area contributed by atoms with Crippen molar-refractivity contribution in [3.05, 3.63) is 0 Å². The zero-order valence-corrected chi connectivity index (χ0v) is 11.2. The first-order chi connectivity index (χ1) is 8.07. The molecule has 0 aliphatic carbocycles. The number of rotatable bonds is 6. The third-order valence-electron chi connectivity index (χ3n) is 1.27. The van der Waals surface area contributed by atoms with Gasteiger partial charge in [-0.1, -0.05) is 0 Å². The van der Waals surface area contributed by atoms with Crippen LogP contribution in [0, 0.1) is 0 Å². The smallest absolute Gasteiger partial charge is 0.542 e. The van der Waals surface area contributed by atoms with Gasteiger partial charge in [-0.15, -0.1) is 0 Å². The molecular weight excluding hydrogens is 303 g/mol. The van der Waals surface area contributed by atoms with Crippen LogP contribution in [0.15, 0.2) is 0 Å². The van der Waals surface area contributed by atoms with Crippen LogP contribution in [-0.2, 0) is 45.8 Å². The molecule has 0 amide bonds. The Morgan fingerprint density at radius 2 is 0.895 bits per heavy atom. The van der Waals surface area contributed by atoms with Gasteiger partial charge in [0.15, 0.2) is 11.6 Å². The van der Waals surface area contributed by atoms with E-state index >= 15 is 0 Å². The number of carboxylic acids is 2. The Bertz CT molecular complexity index is 360. The molecule has 0 atom stereocenters. The average molecular weight is 313 g/mol. The molecule has 0 aliphatic heterocycles. The van der Waals surface area contributed by atoms with Crippen molar-refractivity contribution in [2.45, 2.75) is 26.7 Å². The van der Waals surface area contributed by atoms with Gasteiger partial charge in [0.2, 0.25) is 0 Å². The quantitative estimate of drug-likeness (QED) is 0.279. The van der Waals surface area contributed by atoms with E-state index in [2.05, 4.69) is 0 Å². The van der Waals surface area contributed by atoms with Gasteiger partial charge < -0.3 is 19.8 Å². The number of Topliss-reactive ketones (excluding diaryl/α,β-unsaturated/α-hetero) is 4. The average Bonchev–Trinajstić information content (AvgIpc) is 2.16. The molecule has 0 N–H and O–H groups in total. The van der Waals surface area contributed by atoms with Gasteiger partial charge in [0, 0.05) is 0 Å². The summed E-state index contributed by atoms with van der Waals surface area (Å²) in [5, 5.41) is 19.2. The van der Waals surface area contributed by atoms with Gasteiger partial charge in [-0.3, -0.25) is 19.2 Å². The van der Waals surface area contributed by atoms with Crippen LogP contribution in [0.5, 0.6) is 0 Å². The fraction of sp³-hybridized carbons (Fsp3) is 0.400. The molecule has 19 heavy (non-hydrogen) atoms. The fourth-order valence-corrected chi connectivity index (χ4v) is 0.597. The van der Waals surface area contributed by atoms with Crippen LogP contribution < -0.4 is 10.2 Å². The van der Waals surface area contributed by atoms with Crippen molar-refractivity contribution in [1.29, 1.82) is 0 Å². The summed E-state index contributed by atoms with van der Waals surface area (Å²) in [6, 6.07) is 0. The Kier molecular flexibility index (Phi) is 13.2. The molecule has 1 radical (unpaired) electrons. The third kappa shape index (κ3) is 16.1. The molecule has 105 valence electrons. The van der Waals surface area contributed by atoms with Gasteiger partial charge in [-0.05, 0) is 13.8 Å². The van der Waals surface area contributed by atoms with Crippen molar-refractivity contribution in [3.8, 4) is 0 Å². The van der Waals surface area contributed by atoms with Crippen molar-refractivity contribution >= 4 is 35.1 Å². The number of carbonyl (C=O) groups excluding carboxylic acids is 6. The van der Waals surface area contributed by atoms with E-state index in [9.17, 15) is 39.0 Å². The molecule has 0 fully saturated rings. The number of carbonyl (C=O) groups is 6. The zero-order chi connectivity index (χ0) is 14.9. The molecule has 0 saturated heterocycles. The molecule has 0 saturated carbocycles. The first-order valence-electron chi connectivity index (χ1n) is 4.55. The van der Waals surface area contributed by atoms with Crippen LogP contribution in [0.4, 0.5) is 0 Å². The van der Waals surface area contributed by atoms with Crippen LogP contribution in [0.2, 0.25) is 0 Å². The molecular formula is C10H10MnO8. The maximum Gasteiger partial charge on any atom is 2.00 e. The molecule has 0 aromatic rings. The van der Waals surface area contributed by atoms with Gasteiger partial charge in [0.1, 0.15) is 23.5 Å². The molecule has 0 unspecified atom stereocenters. The van der Waals surface area contributed by atoms with Crippen LogP contribution in [0.1, 0.15) is 26.7 Å². The number of carboxylic acid groups (broad SMARTS) is 2. The first-order valence-corrected chi connectivity index (χ1v) is 4.55. The molecule has 0 rings (SSSR count). The van der Waals surface area contributed by atoms with Crippen LogP contribution in [0.25, 0.3) is 0 Å². The van der Waals surface area contributed by atoms with Gasteiger partial charge >= 0.3 is 17.1 Å². The van der Waals surface area contributed by atoms with Gasteiger partial charge in [-0.25, -0.2) is 0 Å². The predicted molar refractivity (Wildman–Crippen MR) is 50.6 cm³/mol. The molecule has 0 spiro atoms. The minimum absolute atomic E-state index is 0. The number of hydrogen-bond donors (Lipinski definition) is 0. The molecule has 0 heterocycles. The predicted octanol–water partition coefficient (Wildman–Crippen LogP) is -3.43. The van der Waals surface area contributed by atoms with Gasteiger partial charge in [0.05, 0.1) is 12.8 Å². The second-order valence-corrected chi connectivity index (χ2v) is 3.18. The maximum atomic E-state index is 10.1. The van der Waals surface area contributed by atoms with E-state index in [1.165, 1.54) is 0 Å². The number of aliphatic carboxylic acids is 2. The maximum absolute atomic E-state index is 10.1. The van der Waals surface area contributed by atoms with Gasteiger partial charge in [-0.2, -0.15) is 0 Å². The van der Waals surface area contributed by atoms with E-state index in [4.69, 9.17) is 0 Å². The van der Waals surface area contributed by atoms with Crippen molar-refractivity contribution < 1.29 is 56.0 Å². The third-order valence-corrected chi connectivity index (χ3v) is 1.27. The van der Waals surface area contributed by atoms with Crippen molar-refractivity contribution in [2.75, 3.05) is 0 Å². The number of ketones is 4. The van der Waals surface area contributed by atoms with Crippen molar-refractivity contribution in [2.24, 2.45) is 0 Å². The summed E-state index contributed by atoms with van der Waals surface area (Å²) >= 11 is 0. The van der Waals surface area contributed by atoms with Crippen LogP contribution in [0.3, 0.4) is 0 Å². The Balaban J connectivity index is -0.000000256.